The van der Waals surface area contributed by atoms with Gasteiger partial charge in [-0.1, -0.05) is 22.8 Å². The molecule has 1 fully saturated rings. The summed E-state index contributed by atoms with van der Waals surface area (Å²) in [5, 5.41) is 16.5. The maximum absolute atomic E-state index is 13.4. The van der Waals surface area contributed by atoms with Gasteiger partial charge in [0.2, 0.25) is 5.82 Å². The summed E-state index contributed by atoms with van der Waals surface area (Å²) in [7, 11) is 0. The number of nitrogens with zero attached hydrogens (tertiary/aromatic N) is 4. The SMILES string of the molecule is CC(C)N1CCC(NC(=O)c2nc3cccc(OC(=O)O)c3n2Cc2cc(-c3ccc(Cl)s3)on2)CC1. The molecule has 0 aliphatic carbocycles. The van der Waals surface area contributed by atoms with Gasteiger partial charge in [0.15, 0.2) is 11.5 Å². The van der Waals surface area contributed by atoms with Gasteiger partial charge < -0.3 is 29.2 Å². The van der Waals surface area contributed by atoms with Gasteiger partial charge in [0, 0.05) is 31.2 Å². The van der Waals surface area contributed by atoms with Gasteiger partial charge in [0.05, 0.1) is 21.3 Å². The number of hydrogen-bond acceptors (Lipinski definition) is 8. The fraction of sp³-hybridized carbons (Fsp3) is 0.360. The number of aromatic nitrogens is 3. The maximum atomic E-state index is 13.4. The van der Waals surface area contributed by atoms with Gasteiger partial charge >= 0.3 is 6.16 Å². The van der Waals surface area contributed by atoms with Crippen molar-refractivity contribution in [2.45, 2.75) is 45.3 Å². The van der Waals surface area contributed by atoms with E-state index >= 15 is 0 Å². The van der Waals surface area contributed by atoms with Crippen molar-refractivity contribution >= 4 is 46.0 Å². The van der Waals surface area contributed by atoms with Gasteiger partial charge in [-0.3, -0.25) is 4.79 Å². The lowest BCUT2D eigenvalue weighted by Gasteiger charge is -2.34. The smallest absolute Gasteiger partial charge is 0.449 e. The number of hydrogen-bond donors (Lipinski definition) is 2. The number of carbonyl (C=O) groups excluding carboxylic acids is 1. The number of para-hydroxylation sites is 1. The average Bonchev–Trinajstić information content (AvgIpc) is 3.58. The molecular formula is C25H26ClN5O5S. The van der Waals surface area contributed by atoms with E-state index in [1.54, 1.807) is 28.8 Å². The van der Waals surface area contributed by atoms with E-state index in [2.05, 4.69) is 34.2 Å². The number of carbonyl (C=O) groups is 2. The molecule has 4 aromatic rings. The fourth-order valence-corrected chi connectivity index (χ4v) is 5.57. The van der Waals surface area contributed by atoms with Crippen LogP contribution in [-0.4, -0.2) is 61.9 Å². The molecule has 2 N–H and O–H groups in total. The Hall–Kier alpha value is -3.41. The van der Waals surface area contributed by atoms with E-state index in [0.717, 1.165) is 30.8 Å². The molecule has 0 bridgehead atoms. The van der Waals surface area contributed by atoms with Crippen LogP contribution in [0.3, 0.4) is 0 Å². The Morgan fingerprint density at radius 1 is 1.27 bits per heavy atom. The molecule has 1 aromatic carbocycles. The van der Waals surface area contributed by atoms with E-state index in [1.807, 2.05) is 6.07 Å². The van der Waals surface area contributed by atoms with Crippen LogP contribution in [0.1, 0.15) is 43.0 Å². The van der Waals surface area contributed by atoms with E-state index in [-0.39, 0.29) is 30.1 Å². The fourth-order valence-electron chi connectivity index (χ4n) is 4.58. The molecule has 3 aromatic heterocycles. The highest BCUT2D eigenvalue weighted by molar-refractivity contribution is 7.19. The molecule has 0 radical (unpaired) electrons. The van der Waals surface area contributed by atoms with Crippen LogP contribution < -0.4 is 10.1 Å². The predicted molar refractivity (Wildman–Crippen MR) is 140 cm³/mol. The Balaban J connectivity index is 1.47. The molecule has 12 heteroatoms. The molecule has 1 aliphatic heterocycles. The van der Waals surface area contributed by atoms with E-state index in [9.17, 15) is 14.7 Å². The molecule has 10 nitrogen and oxygen atoms in total. The summed E-state index contributed by atoms with van der Waals surface area (Å²) in [5.41, 5.74) is 1.35. The zero-order chi connectivity index (χ0) is 26.1. The van der Waals surface area contributed by atoms with E-state index in [0.29, 0.717) is 32.9 Å². The lowest BCUT2D eigenvalue weighted by molar-refractivity contribution is 0.0887. The number of fused-ring (bicyclic) bond motifs is 1. The maximum Gasteiger partial charge on any atom is 0.511 e. The largest absolute Gasteiger partial charge is 0.511 e. The second kappa shape index (κ2) is 10.5. The summed E-state index contributed by atoms with van der Waals surface area (Å²) in [6.45, 7) is 6.27. The minimum absolute atomic E-state index is 0.0210. The van der Waals surface area contributed by atoms with Crippen LogP contribution in [0.25, 0.3) is 21.7 Å². The third-order valence-corrected chi connectivity index (χ3v) is 7.67. The second-order valence-corrected chi connectivity index (χ2v) is 10.9. The first-order chi connectivity index (χ1) is 17.8. The summed E-state index contributed by atoms with van der Waals surface area (Å²) in [5.74, 6) is 0.428. The lowest BCUT2D eigenvalue weighted by atomic mass is 10.0. The summed E-state index contributed by atoms with van der Waals surface area (Å²) in [6.07, 6.45) is 0.225. The van der Waals surface area contributed by atoms with Crippen LogP contribution in [0.4, 0.5) is 4.79 Å². The number of amides is 1. The zero-order valence-electron chi connectivity index (χ0n) is 20.3. The van der Waals surface area contributed by atoms with Gasteiger partial charge in [-0.2, -0.15) is 0 Å². The number of imidazole rings is 1. The van der Waals surface area contributed by atoms with Crippen LogP contribution in [0.2, 0.25) is 4.34 Å². The van der Waals surface area contributed by atoms with Gasteiger partial charge in [-0.05, 0) is 51.0 Å². The number of benzene rings is 1. The molecule has 0 saturated carbocycles. The monoisotopic (exact) mass is 543 g/mol. The number of thiophene rings is 1. The van der Waals surface area contributed by atoms with Gasteiger partial charge in [0.25, 0.3) is 5.91 Å². The van der Waals surface area contributed by atoms with Crippen LogP contribution in [0.5, 0.6) is 5.75 Å². The van der Waals surface area contributed by atoms with Crippen molar-refractivity contribution in [2.24, 2.45) is 0 Å². The molecule has 0 atom stereocenters. The molecule has 4 heterocycles. The van der Waals surface area contributed by atoms with Crippen molar-refractivity contribution in [1.82, 2.24) is 24.9 Å². The number of ether oxygens (including phenoxy) is 1. The summed E-state index contributed by atoms with van der Waals surface area (Å²) in [6, 6.07) is 10.7. The first kappa shape index (κ1) is 25.2. The minimum atomic E-state index is -1.46. The number of halogens is 1. The van der Waals surface area contributed by atoms with Gasteiger partial charge in [-0.15, -0.1) is 11.3 Å². The third kappa shape index (κ3) is 5.48. The average molecular weight is 544 g/mol. The Morgan fingerprint density at radius 2 is 2.05 bits per heavy atom. The summed E-state index contributed by atoms with van der Waals surface area (Å²) >= 11 is 7.41. The Morgan fingerprint density at radius 3 is 2.73 bits per heavy atom. The van der Waals surface area contributed by atoms with Crippen molar-refractivity contribution in [2.75, 3.05) is 13.1 Å². The molecule has 0 spiro atoms. The highest BCUT2D eigenvalue weighted by atomic mass is 35.5. The molecule has 5 rings (SSSR count). The topological polar surface area (TPSA) is 123 Å². The normalized spacial score (nSPS) is 14.9. The third-order valence-electron chi connectivity index (χ3n) is 6.42. The van der Waals surface area contributed by atoms with E-state index in [1.165, 1.54) is 17.4 Å². The molecule has 1 aliphatic rings. The molecular weight excluding hydrogens is 518 g/mol. The number of rotatable bonds is 7. The predicted octanol–water partition coefficient (Wildman–Crippen LogP) is 5.11. The second-order valence-electron chi connectivity index (χ2n) is 9.18. The van der Waals surface area contributed by atoms with Crippen LogP contribution >= 0.6 is 22.9 Å². The van der Waals surface area contributed by atoms with E-state index < -0.39 is 6.16 Å². The minimum Gasteiger partial charge on any atom is -0.449 e. The van der Waals surface area contributed by atoms with Crippen molar-refractivity contribution in [3.05, 3.63) is 52.3 Å². The van der Waals surface area contributed by atoms with Crippen LogP contribution in [0, 0.1) is 0 Å². The van der Waals surface area contributed by atoms with Gasteiger partial charge in [-0.25, -0.2) is 9.78 Å². The number of carboxylic acid groups (broad SMARTS) is 1. The van der Waals surface area contributed by atoms with Crippen molar-refractivity contribution in [3.8, 4) is 16.4 Å². The highest BCUT2D eigenvalue weighted by Crippen LogP contribution is 2.32. The van der Waals surface area contributed by atoms with Crippen LogP contribution in [0.15, 0.2) is 40.9 Å². The Kier molecular flexibility index (Phi) is 7.18. The molecule has 37 heavy (non-hydrogen) atoms. The first-order valence-corrected chi connectivity index (χ1v) is 13.1. The molecule has 194 valence electrons. The quantitative estimate of drug-likeness (QED) is 0.243. The lowest BCUT2D eigenvalue weighted by Crippen LogP contribution is -2.47. The zero-order valence-corrected chi connectivity index (χ0v) is 21.9. The van der Waals surface area contributed by atoms with Gasteiger partial charge in [0.1, 0.15) is 11.2 Å². The Labute approximate surface area is 221 Å². The highest BCUT2D eigenvalue weighted by Gasteiger charge is 2.27. The van der Waals surface area contributed by atoms with E-state index in [4.69, 9.17) is 20.9 Å². The summed E-state index contributed by atoms with van der Waals surface area (Å²) in [4.78, 5) is 32.6. The first-order valence-electron chi connectivity index (χ1n) is 11.9. The standard InChI is InChI=1S/C25H26ClN5O5S/c1-14(2)30-10-8-15(9-11-30)27-24(32)23-28-17-4-3-5-18(35-25(33)34)22(17)31(23)13-16-12-19(36-29-16)20-6-7-21(26)37-20/h3-7,12,14-15H,8-11,13H2,1-2H3,(H,27,32)(H,33,34). The summed E-state index contributed by atoms with van der Waals surface area (Å²) < 4.78 is 12.8. The number of nitrogens with one attached hydrogen (secondary N) is 1. The molecule has 1 saturated heterocycles. The molecule has 1 amide bonds. The number of likely N-dealkylation sites (tertiary alicyclic amines) is 1. The number of piperidine rings is 1. The van der Waals surface area contributed by atoms with Crippen molar-refractivity contribution in [3.63, 3.8) is 0 Å². The van der Waals surface area contributed by atoms with Crippen molar-refractivity contribution < 1.29 is 24.0 Å². The van der Waals surface area contributed by atoms with Crippen LogP contribution in [-0.2, 0) is 6.54 Å². The molecule has 0 unspecified atom stereocenters. The Bertz CT molecular complexity index is 1440. The van der Waals surface area contributed by atoms with Crippen molar-refractivity contribution in [1.29, 1.82) is 0 Å².